The van der Waals surface area contributed by atoms with Crippen LogP contribution in [-0.2, 0) is 11.2 Å². The maximum atomic E-state index is 12.3. The number of aliphatic imine (C=N–C) groups is 1. The Morgan fingerprint density at radius 3 is 2.28 bits per heavy atom. The van der Waals surface area contributed by atoms with E-state index in [9.17, 15) is 4.79 Å². The number of benzene rings is 1. The molecule has 6 nitrogen and oxygen atoms in total. The molecular weight excluding hydrogens is 484 g/mol. The molecule has 0 N–H and O–H groups in total. The number of ether oxygens (including phenoxy) is 1. The molecule has 1 aliphatic heterocycles. The summed E-state index contributed by atoms with van der Waals surface area (Å²) >= 11 is 0. The van der Waals surface area contributed by atoms with Crippen molar-refractivity contribution in [3.05, 3.63) is 71.1 Å². The average molecular weight is 533 g/mol. The van der Waals surface area contributed by atoms with Gasteiger partial charge in [-0.2, -0.15) is 5.26 Å². The highest BCUT2D eigenvalue weighted by molar-refractivity contribution is 6.03. The molecule has 1 amide bonds. The quantitative estimate of drug-likeness (QED) is 0.267. The maximum absolute atomic E-state index is 12.3. The standard InChI is InChI=1S/C23H37N3O2.C10H11N/c1-9-19(23(8)11-12-23)20(17(3)24-10-2)18(4)25-13-15-26(16-14-25)21(27)28-22(5,6)7;1-2-4-9-5-3-6-10(7-9)8-11/h9-10H,2,11-16H2,1,3-8H3;3,5-7H,2,4H2,1H3/b19-9+,20-18-,24-17?;. The van der Waals surface area contributed by atoms with E-state index in [1.54, 1.807) is 11.1 Å². The zero-order valence-corrected chi connectivity index (χ0v) is 25.4. The van der Waals surface area contributed by atoms with Gasteiger partial charge in [0.25, 0.3) is 0 Å². The maximum Gasteiger partial charge on any atom is 0.410 e. The van der Waals surface area contributed by atoms with Gasteiger partial charge in [0.15, 0.2) is 0 Å². The van der Waals surface area contributed by atoms with Crippen molar-refractivity contribution in [1.29, 1.82) is 5.26 Å². The van der Waals surface area contributed by atoms with Gasteiger partial charge in [0, 0.05) is 49.4 Å². The lowest BCUT2D eigenvalue weighted by Gasteiger charge is -2.38. The molecule has 212 valence electrons. The van der Waals surface area contributed by atoms with Crippen LogP contribution in [0.4, 0.5) is 4.79 Å². The van der Waals surface area contributed by atoms with Gasteiger partial charge in [0.1, 0.15) is 5.60 Å². The fraction of sp³-hybridized carbons (Fsp3) is 0.545. The lowest BCUT2D eigenvalue weighted by molar-refractivity contribution is 0.0168. The summed E-state index contributed by atoms with van der Waals surface area (Å²) in [6, 6.07) is 9.90. The Labute approximate surface area is 236 Å². The van der Waals surface area contributed by atoms with Gasteiger partial charge in [-0.3, -0.25) is 4.99 Å². The molecule has 0 radical (unpaired) electrons. The van der Waals surface area contributed by atoms with E-state index in [2.05, 4.69) is 69.3 Å². The van der Waals surface area contributed by atoms with Crippen LogP contribution in [0.25, 0.3) is 0 Å². The fourth-order valence-electron chi connectivity index (χ4n) is 4.90. The summed E-state index contributed by atoms with van der Waals surface area (Å²) in [6.45, 7) is 23.2. The molecule has 39 heavy (non-hydrogen) atoms. The Hall–Kier alpha value is -3.33. The largest absolute Gasteiger partial charge is 0.444 e. The van der Waals surface area contributed by atoms with Gasteiger partial charge in [-0.25, -0.2) is 4.79 Å². The number of aryl methyl sites for hydroxylation is 1. The zero-order chi connectivity index (χ0) is 29.2. The minimum atomic E-state index is -0.462. The third kappa shape index (κ3) is 9.42. The minimum absolute atomic E-state index is 0.224. The van der Waals surface area contributed by atoms with Gasteiger partial charge >= 0.3 is 6.09 Å². The van der Waals surface area contributed by atoms with Crippen LogP contribution in [0.15, 0.2) is 65.0 Å². The first-order valence-corrected chi connectivity index (χ1v) is 14.1. The number of carbonyl (C=O) groups excluding carboxylic acids is 1. The van der Waals surface area contributed by atoms with Crippen LogP contribution in [0.3, 0.4) is 0 Å². The highest BCUT2D eigenvalue weighted by atomic mass is 16.6. The molecule has 2 fully saturated rings. The molecule has 3 rings (SSSR count). The summed E-state index contributed by atoms with van der Waals surface area (Å²) < 4.78 is 5.52. The van der Waals surface area contributed by atoms with Crippen LogP contribution in [-0.4, -0.2) is 53.4 Å². The van der Waals surface area contributed by atoms with E-state index in [1.165, 1.54) is 35.2 Å². The molecule has 2 aliphatic rings. The van der Waals surface area contributed by atoms with Gasteiger partial charge < -0.3 is 14.5 Å². The fourth-order valence-corrected chi connectivity index (χ4v) is 4.90. The molecule has 0 unspecified atom stereocenters. The Morgan fingerprint density at radius 2 is 1.79 bits per heavy atom. The molecule has 1 aromatic carbocycles. The van der Waals surface area contributed by atoms with Crippen molar-refractivity contribution in [1.82, 2.24) is 9.80 Å². The van der Waals surface area contributed by atoms with Crippen molar-refractivity contribution in [3.63, 3.8) is 0 Å². The average Bonchev–Trinajstić information content (AvgIpc) is 3.64. The Bertz CT molecular complexity index is 1130. The number of hydrogen-bond acceptors (Lipinski definition) is 5. The van der Waals surface area contributed by atoms with Gasteiger partial charge in [-0.15, -0.1) is 0 Å². The van der Waals surface area contributed by atoms with Gasteiger partial charge in [-0.05, 0) is 89.5 Å². The molecule has 0 spiro atoms. The number of carbonyl (C=O) groups is 1. The lowest BCUT2D eigenvalue weighted by Crippen LogP contribution is -2.49. The van der Waals surface area contributed by atoms with Crippen molar-refractivity contribution in [2.45, 2.75) is 86.7 Å². The van der Waals surface area contributed by atoms with E-state index in [1.807, 2.05) is 39.0 Å². The number of nitrogens with zero attached hydrogens (tertiary/aromatic N) is 4. The van der Waals surface area contributed by atoms with Gasteiger partial charge in [0.05, 0.1) is 11.6 Å². The zero-order valence-electron chi connectivity index (χ0n) is 25.4. The van der Waals surface area contributed by atoms with Crippen LogP contribution in [0, 0.1) is 16.7 Å². The van der Waals surface area contributed by atoms with Crippen molar-refractivity contribution in [2.75, 3.05) is 26.2 Å². The number of hydrogen-bond donors (Lipinski definition) is 0. The van der Waals surface area contributed by atoms with E-state index < -0.39 is 5.60 Å². The molecule has 1 saturated heterocycles. The van der Waals surface area contributed by atoms with E-state index in [4.69, 9.17) is 10.00 Å². The third-order valence-corrected chi connectivity index (χ3v) is 7.22. The molecule has 0 bridgehead atoms. The van der Waals surface area contributed by atoms with E-state index in [0.29, 0.717) is 13.1 Å². The normalized spacial score (nSPS) is 17.8. The molecule has 0 aromatic heterocycles. The molecule has 1 heterocycles. The topological polar surface area (TPSA) is 68.9 Å². The van der Waals surface area contributed by atoms with Gasteiger partial charge in [0.2, 0.25) is 0 Å². The monoisotopic (exact) mass is 532 g/mol. The van der Waals surface area contributed by atoms with Crippen molar-refractivity contribution in [2.24, 2.45) is 10.4 Å². The molecule has 1 aliphatic carbocycles. The Morgan fingerprint density at radius 1 is 1.18 bits per heavy atom. The second-order valence-corrected chi connectivity index (χ2v) is 11.6. The smallest absolute Gasteiger partial charge is 0.410 e. The molecule has 6 heteroatoms. The SMILES string of the molecule is C=CN=C(C)C(/C(=C\C)C1(C)CC1)=C(\C)N1CCN(C(=O)OC(C)(C)C)CC1.CCCc1cccc(C#N)c1. The van der Waals surface area contributed by atoms with Crippen molar-refractivity contribution in [3.8, 4) is 6.07 Å². The number of allylic oxidation sites excluding steroid dienone is 4. The number of amides is 1. The molecular formula is C33H48N4O2. The summed E-state index contributed by atoms with van der Waals surface area (Å²) in [5.74, 6) is 0. The second kappa shape index (κ2) is 14.2. The van der Waals surface area contributed by atoms with E-state index >= 15 is 0 Å². The number of piperazine rings is 1. The molecule has 1 aromatic rings. The highest BCUT2D eigenvalue weighted by Gasteiger charge is 2.43. The number of rotatable bonds is 7. The van der Waals surface area contributed by atoms with Gasteiger partial charge in [-0.1, -0.05) is 45.1 Å². The van der Waals surface area contributed by atoms with Crippen LogP contribution < -0.4 is 0 Å². The Kier molecular flexibility index (Phi) is 11.6. The molecule has 0 atom stereocenters. The third-order valence-electron chi connectivity index (χ3n) is 7.22. The summed E-state index contributed by atoms with van der Waals surface area (Å²) in [7, 11) is 0. The summed E-state index contributed by atoms with van der Waals surface area (Å²) in [4.78, 5) is 21.0. The van der Waals surface area contributed by atoms with Crippen LogP contribution in [0.1, 0.15) is 85.8 Å². The predicted molar refractivity (Wildman–Crippen MR) is 162 cm³/mol. The summed E-state index contributed by atoms with van der Waals surface area (Å²) in [6.07, 6.45) is 8.27. The van der Waals surface area contributed by atoms with E-state index in [-0.39, 0.29) is 11.5 Å². The summed E-state index contributed by atoms with van der Waals surface area (Å²) in [5.41, 5.74) is 6.65. The van der Waals surface area contributed by atoms with Crippen molar-refractivity contribution < 1.29 is 9.53 Å². The first-order chi connectivity index (χ1) is 18.4. The first-order valence-electron chi connectivity index (χ1n) is 14.1. The van der Waals surface area contributed by atoms with Crippen LogP contribution >= 0.6 is 0 Å². The second-order valence-electron chi connectivity index (χ2n) is 11.6. The highest BCUT2D eigenvalue weighted by Crippen LogP contribution is 2.54. The predicted octanol–water partition coefficient (Wildman–Crippen LogP) is 7.67. The molecule has 1 saturated carbocycles. The Balaban J connectivity index is 0.000000404. The minimum Gasteiger partial charge on any atom is -0.444 e. The van der Waals surface area contributed by atoms with Crippen LogP contribution in [0.2, 0.25) is 0 Å². The number of nitriles is 1. The first kappa shape index (κ1) is 31.9. The van der Waals surface area contributed by atoms with E-state index in [0.717, 1.165) is 37.2 Å². The lowest BCUT2D eigenvalue weighted by atomic mass is 9.87. The van der Waals surface area contributed by atoms with Crippen LogP contribution in [0.5, 0.6) is 0 Å². The summed E-state index contributed by atoms with van der Waals surface area (Å²) in [5, 5.41) is 8.58. The van der Waals surface area contributed by atoms with Crippen molar-refractivity contribution >= 4 is 11.8 Å².